The third kappa shape index (κ3) is 9.32. The summed E-state index contributed by atoms with van der Waals surface area (Å²) in [6.45, 7) is 4.31. The lowest BCUT2D eigenvalue weighted by Crippen LogP contribution is -2.53. The van der Waals surface area contributed by atoms with Crippen LogP contribution in [0.3, 0.4) is 0 Å². The highest BCUT2D eigenvalue weighted by molar-refractivity contribution is 5.99. The molecule has 44 heavy (non-hydrogen) atoms. The van der Waals surface area contributed by atoms with E-state index in [0.717, 1.165) is 11.1 Å². The van der Waals surface area contributed by atoms with Gasteiger partial charge >= 0.3 is 0 Å². The molecule has 232 valence electrons. The smallest absolute Gasteiger partial charge is 0.255 e. The zero-order valence-electron chi connectivity index (χ0n) is 25.0. The fourth-order valence-corrected chi connectivity index (χ4v) is 4.87. The van der Waals surface area contributed by atoms with Crippen LogP contribution < -0.4 is 26.0 Å². The van der Waals surface area contributed by atoms with Crippen molar-refractivity contribution in [1.29, 1.82) is 0 Å². The highest BCUT2D eigenvalue weighted by Gasteiger charge is 2.29. The average Bonchev–Trinajstić information content (AvgIpc) is 3.02. The number of ether oxygens (including phenoxy) is 1. The van der Waals surface area contributed by atoms with Gasteiger partial charge in [0.2, 0.25) is 17.7 Å². The van der Waals surface area contributed by atoms with E-state index in [1.54, 1.807) is 36.4 Å². The molecule has 1 aliphatic heterocycles. The number of hydrogen-bond donors (Lipinski definition) is 5. The predicted octanol–water partition coefficient (Wildman–Crippen LogP) is 2.89. The molecule has 1 heterocycles. The fraction of sp³-hybridized carbons (Fsp3) is 0.353. The molecule has 0 saturated carbocycles. The van der Waals surface area contributed by atoms with E-state index in [0.29, 0.717) is 18.7 Å². The maximum atomic E-state index is 13.5. The van der Waals surface area contributed by atoms with Crippen LogP contribution in [-0.4, -0.2) is 60.0 Å². The van der Waals surface area contributed by atoms with Gasteiger partial charge in [-0.15, -0.1) is 0 Å². The van der Waals surface area contributed by atoms with Crippen molar-refractivity contribution in [3.63, 3.8) is 0 Å². The third-order valence-electron chi connectivity index (χ3n) is 7.55. The quantitative estimate of drug-likeness (QED) is 0.282. The molecule has 3 aromatic carbocycles. The second-order valence-corrected chi connectivity index (χ2v) is 11.2. The number of aromatic hydroxyl groups is 1. The van der Waals surface area contributed by atoms with Crippen LogP contribution in [0.15, 0.2) is 78.9 Å². The van der Waals surface area contributed by atoms with Gasteiger partial charge in [-0.1, -0.05) is 68.4 Å². The minimum Gasteiger partial charge on any atom is -0.508 e. The minimum absolute atomic E-state index is 0.0138. The molecular weight excluding hydrogens is 560 g/mol. The van der Waals surface area contributed by atoms with Crippen LogP contribution >= 0.6 is 0 Å². The van der Waals surface area contributed by atoms with Gasteiger partial charge in [-0.25, -0.2) is 0 Å². The van der Waals surface area contributed by atoms with Crippen LogP contribution in [0.1, 0.15) is 48.2 Å². The Morgan fingerprint density at radius 1 is 0.909 bits per heavy atom. The molecule has 0 saturated heterocycles. The molecule has 10 heteroatoms. The van der Waals surface area contributed by atoms with Crippen molar-refractivity contribution in [2.75, 3.05) is 13.2 Å². The summed E-state index contributed by atoms with van der Waals surface area (Å²) in [4.78, 5) is 53.4. The Labute approximate surface area is 257 Å². The number of phenols is 1. The summed E-state index contributed by atoms with van der Waals surface area (Å²) >= 11 is 0. The van der Waals surface area contributed by atoms with Crippen molar-refractivity contribution >= 4 is 23.6 Å². The number of carbonyl (C=O) groups is 4. The van der Waals surface area contributed by atoms with Crippen molar-refractivity contribution in [2.24, 2.45) is 5.92 Å². The van der Waals surface area contributed by atoms with Gasteiger partial charge in [0.15, 0.2) is 0 Å². The number of carbonyl (C=O) groups excluding carboxylic acids is 4. The number of para-hydroxylation sites is 1. The van der Waals surface area contributed by atoms with Gasteiger partial charge in [-0.2, -0.15) is 0 Å². The van der Waals surface area contributed by atoms with Gasteiger partial charge in [0, 0.05) is 19.4 Å². The summed E-state index contributed by atoms with van der Waals surface area (Å²) in [5.41, 5.74) is 2.05. The molecule has 4 amide bonds. The first-order valence-corrected chi connectivity index (χ1v) is 14.9. The number of benzene rings is 3. The second kappa shape index (κ2) is 15.6. The van der Waals surface area contributed by atoms with Crippen LogP contribution in [0.2, 0.25) is 0 Å². The molecule has 0 spiro atoms. The minimum atomic E-state index is -1.00. The standard InChI is InChI=1S/C34H40N4O6/c1-22(2)29-21-44-30-11-7-6-10-26(30)32(41)37-27(33(42)35-19-18-23-8-4-3-5-9-23)16-17-31(40)36-28(34(43)38-29)20-24-12-14-25(39)15-13-24/h3-15,22,27-29,39H,16-21H2,1-2H3,(H,35,42)(H,36,40)(H,37,41)(H,38,43)/t27-,28-,29-/m0/s1. The van der Waals surface area contributed by atoms with E-state index in [4.69, 9.17) is 4.74 Å². The largest absolute Gasteiger partial charge is 0.508 e. The Morgan fingerprint density at radius 2 is 1.61 bits per heavy atom. The molecule has 3 aromatic rings. The van der Waals surface area contributed by atoms with Crippen molar-refractivity contribution < 1.29 is 29.0 Å². The summed E-state index contributed by atoms with van der Waals surface area (Å²) in [7, 11) is 0. The summed E-state index contributed by atoms with van der Waals surface area (Å²) in [5.74, 6) is -1.36. The first-order valence-electron chi connectivity index (χ1n) is 14.9. The third-order valence-corrected chi connectivity index (χ3v) is 7.55. The highest BCUT2D eigenvalue weighted by atomic mass is 16.5. The van der Waals surface area contributed by atoms with E-state index in [1.165, 1.54) is 12.1 Å². The van der Waals surface area contributed by atoms with Crippen molar-refractivity contribution in [3.05, 3.63) is 95.6 Å². The van der Waals surface area contributed by atoms with Gasteiger partial charge < -0.3 is 31.1 Å². The maximum Gasteiger partial charge on any atom is 0.255 e. The van der Waals surface area contributed by atoms with Crippen molar-refractivity contribution in [3.8, 4) is 11.5 Å². The van der Waals surface area contributed by atoms with E-state index in [-0.39, 0.29) is 49.0 Å². The average molecular weight is 601 g/mol. The lowest BCUT2D eigenvalue weighted by atomic mass is 10.0. The number of amides is 4. The molecule has 0 radical (unpaired) electrons. The Bertz CT molecular complexity index is 1430. The Balaban J connectivity index is 1.57. The summed E-state index contributed by atoms with van der Waals surface area (Å²) in [6, 6.07) is 20.5. The molecule has 4 rings (SSSR count). The van der Waals surface area contributed by atoms with Crippen LogP contribution in [0.5, 0.6) is 11.5 Å². The summed E-state index contributed by atoms with van der Waals surface area (Å²) < 4.78 is 6.06. The predicted molar refractivity (Wildman–Crippen MR) is 166 cm³/mol. The van der Waals surface area contributed by atoms with E-state index in [1.807, 2.05) is 44.2 Å². The van der Waals surface area contributed by atoms with Crippen LogP contribution in [-0.2, 0) is 27.2 Å². The van der Waals surface area contributed by atoms with Gasteiger partial charge in [0.05, 0.1) is 11.6 Å². The number of rotatable bonds is 7. The molecule has 0 aliphatic carbocycles. The number of fused-ring (bicyclic) bond motifs is 1. The molecular formula is C34H40N4O6. The second-order valence-electron chi connectivity index (χ2n) is 11.2. The van der Waals surface area contributed by atoms with E-state index in [9.17, 15) is 24.3 Å². The van der Waals surface area contributed by atoms with Gasteiger partial charge in [-0.3, -0.25) is 19.2 Å². The van der Waals surface area contributed by atoms with Gasteiger partial charge in [0.25, 0.3) is 5.91 Å². The van der Waals surface area contributed by atoms with Crippen molar-refractivity contribution in [2.45, 2.75) is 57.7 Å². The molecule has 0 unspecified atom stereocenters. The molecule has 0 aromatic heterocycles. The Kier molecular flexibility index (Phi) is 11.3. The first kappa shape index (κ1) is 32.1. The number of nitrogens with one attached hydrogen (secondary N) is 4. The topological polar surface area (TPSA) is 146 Å². The molecule has 3 atom stereocenters. The first-order chi connectivity index (χ1) is 21.2. The molecule has 0 bridgehead atoms. The normalized spacial score (nSPS) is 19.7. The summed E-state index contributed by atoms with van der Waals surface area (Å²) in [6.07, 6.45) is 0.698. The zero-order valence-corrected chi connectivity index (χ0v) is 25.0. The Morgan fingerprint density at radius 3 is 2.34 bits per heavy atom. The van der Waals surface area contributed by atoms with Gasteiger partial charge in [0.1, 0.15) is 30.2 Å². The molecule has 10 nitrogen and oxygen atoms in total. The Hall–Kier alpha value is -4.86. The SMILES string of the molecule is CC(C)[C@@H]1COc2ccccc2C(=O)N[C@H](C(=O)NCCc2ccccc2)CCC(=O)N[C@@H](Cc2ccc(O)cc2)C(=O)N1. The van der Waals surface area contributed by atoms with Crippen molar-refractivity contribution in [1.82, 2.24) is 21.3 Å². The zero-order chi connectivity index (χ0) is 31.5. The number of hydrogen-bond acceptors (Lipinski definition) is 6. The van der Waals surface area contributed by atoms with Crippen LogP contribution in [0.4, 0.5) is 0 Å². The fourth-order valence-electron chi connectivity index (χ4n) is 4.87. The van der Waals surface area contributed by atoms with E-state index < -0.39 is 35.8 Å². The molecule has 0 fully saturated rings. The maximum absolute atomic E-state index is 13.5. The molecule has 1 aliphatic rings. The summed E-state index contributed by atoms with van der Waals surface area (Å²) in [5, 5.41) is 21.2. The molecule has 5 N–H and O–H groups in total. The van der Waals surface area contributed by atoms with Crippen LogP contribution in [0, 0.1) is 5.92 Å². The monoisotopic (exact) mass is 600 g/mol. The van der Waals surface area contributed by atoms with E-state index in [2.05, 4.69) is 21.3 Å². The lowest BCUT2D eigenvalue weighted by Gasteiger charge is -2.26. The number of phenolic OH excluding ortho intramolecular Hbond substituents is 1. The van der Waals surface area contributed by atoms with E-state index >= 15 is 0 Å². The van der Waals surface area contributed by atoms with Gasteiger partial charge in [-0.05, 0) is 54.2 Å². The lowest BCUT2D eigenvalue weighted by molar-refractivity contribution is -0.130. The van der Waals surface area contributed by atoms with Crippen LogP contribution in [0.25, 0.3) is 0 Å². The highest BCUT2D eigenvalue weighted by Crippen LogP contribution is 2.20.